The van der Waals surface area contributed by atoms with Crippen LogP contribution in [0, 0.1) is 0 Å². The van der Waals surface area contributed by atoms with E-state index in [0.29, 0.717) is 25.4 Å². The zero-order chi connectivity index (χ0) is 18.1. The van der Waals surface area contributed by atoms with Crippen LogP contribution in [0.15, 0.2) is 30.3 Å². The maximum Gasteiger partial charge on any atom is 0.270 e. The molecule has 1 atom stereocenters. The van der Waals surface area contributed by atoms with Crippen LogP contribution in [-0.4, -0.2) is 47.1 Å². The molecule has 0 aliphatic carbocycles. The molecule has 6 nitrogen and oxygen atoms in total. The average molecular weight is 370 g/mol. The number of para-hydroxylation sites is 1. The average Bonchev–Trinajstić information content (AvgIpc) is 3.23. The highest BCUT2D eigenvalue weighted by atomic mass is 32.1. The molecule has 2 N–H and O–H groups in total. The predicted octanol–water partition coefficient (Wildman–Crippen LogP) is 3.27. The van der Waals surface area contributed by atoms with Gasteiger partial charge in [-0.05, 0) is 19.1 Å². The summed E-state index contributed by atoms with van der Waals surface area (Å²) in [7, 11) is 1.69. The van der Waals surface area contributed by atoms with E-state index in [-0.39, 0.29) is 11.9 Å². The smallest absolute Gasteiger partial charge is 0.270 e. The van der Waals surface area contributed by atoms with Gasteiger partial charge in [-0.15, -0.1) is 0 Å². The van der Waals surface area contributed by atoms with Crippen LogP contribution in [0.5, 0.6) is 0 Å². The van der Waals surface area contributed by atoms with Gasteiger partial charge in [-0.1, -0.05) is 29.5 Å². The zero-order valence-corrected chi connectivity index (χ0v) is 15.7. The number of aromatic nitrogens is 2. The Labute approximate surface area is 156 Å². The van der Waals surface area contributed by atoms with Crippen LogP contribution < -0.4 is 5.32 Å². The van der Waals surface area contributed by atoms with E-state index in [1.54, 1.807) is 18.4 Å². The van der Waals surface area contributed by atoms with Crippen molar-refractivity contribution in [2.45, 2.75) is 25.9 Å². The van der Waals surface area contributed by atoms with Crippen LogP contribution in [0.2, 0.25) is 0 Å². The number of H-pyrrole nitrogens is 1. The minimum atomic E-state index is 0.0440. The van der Waals surface area contributed by atoms with Gasteiger partial charge in [-0.2, -0.15) is 0 Å². The van der Waals surface area contributed by atoms with E-state index in [1.165, 1.54) is 0 Å². The molecule has 1 aromatic carbocycles. The van der Waals surface area contributed by atoms with Crippen molar-refractivity contribution in [3.05, 3.63) is 46.6 Å². The summed E-state index contributed by atoms with van der Waals surface area (Å²) in [5.74, 6) is 0.0440. The molecule has 4 rings (SSSR count). The Bertz CT molecular complexity index is 900. The van der Waals surface area contributed by atoms with Crippen molar-refractivity contribution in [2.24, 2.45) is 0 Å². The number of anilines is 1. The van der Waals surface area contributed by atoms with E-state index in [4.69, 9.17) is 4.74 Å². The predicted molar refractivity (Wildman–Crippen MR) is 104 cm³/mol. The molecule has 0 saturated carbocycles. The number of benzene rings is 1. The van der Waals surface area contributed by atoms with Crippen LogP contribution in [0.4, 0.5) is 5.13 Å². The second kappa shape index (κ2) is 7.09. The molecule has 7 heteroatoms. The number of carbonyl (C=O) groups is 1. The van der Waals surface area contributed by atoms with Crippen molar-refractivity contribution >= 4 is 33.3 Å². The molecule has 1 unspecified atom stereocenters. The summed E-state index contributed by atoms with van der Waals surface area (Å²) in [4.78, 5) is 23.9. The van der Waals surface area contributed by atoms with Gasteiger partial charge in [0.25, 0.3) is 5.91 Å². The molecule has 1 amide bonds. The van der Waals surface area contributed by atoms with Crippen molar-refractivity contribution in [3.63, 3.8) is 0 Å². The number of hydrogen-bond donors (Lipinski definition) is 2. The van der Waals surface area contributed by atoms with Gasteiger partial charge in [0.2, 0.25) is 0 Å². The van der Waals surface area contributed by atoms with E-state index in [9.17, 15) is 4.79 Å². The van der Waals surface area contributed by atoms with Crippen molar-refractivity contribution in [1.82, 2.24) is 14.9 Å². The molecule has 0 spiro atoms. The maximum absolute atomic E-state index is 12.9. The highest BCUT2D eigenvalue weighted by Crippen LogP contribution is 2.29. The Morgan fingerprint density at radius 3 is 3.12 bits per heavy atom. The zero-order valence-electron chi connectivity index (χ0n) is 14.9. The topological polar surface area (TPSA) is 70.2 Å². The summed E-state index contributed by atoms with van der Waals surface area (Å²) in [6.45, 7) is 4.00. The lowest BCUT2D eigenvalue weighted by Crippen LogP contribution is -2.35. The number of rotatable bonds is 5. The van der Waals surface area contributed by atoms with Crippen molar-refractivity contribution in [1.29, 1.82) is 0 Å². The highest BCUT2D eigenvalue weighted by Gasteiger charge is 2.26. The molecular weight excluding hydrogens is 348 g/mol. The Kier molecular flexibility index (Phi) is 4.65. The van der Waals surface area contributed by atoms with Gasteiger partial charge in [0.1, 0.15) is 5.69 Å². The van der Waals surface area contributed by atoms with Crippen molar-refractivity contribution < 1.29 is 9.53 Å². The molecule has 26 heavy (non-hydrogen) atoms. The molecule has 1 aliphatic heterocycles. The number of methoxy groups -OCH3 is 1. The third-order valence-corrected chi connectivity index (χ3v) is 5.58. The number of aromatic amines is 1. The summed E-state index contributed by atoms with van der Waals surface area (Å²) in [6.07, 6.45) is 0.790. The fourth-order valence-corrected chi connectivity index (χ4v) is 4.43. The van der Waals surface area contributed by atoms with E-state index in [1.807, 2.05) is 35.2 Å². The molecule has 2 aromatic heterocycles. The van der Waals surface area contributed by atoms with Gasteiger partial charge in [-0.3, -0.25) is 4.79 Å². The third-order valence-electron chi connectivity index (χ3n) is 4.57. The maximum atomic E-state index is 12.9. The SMILES string of the molecule is COCC(C)Nc1nc2c(s1)CN(C(=O)c1cc3ccccc3[nH]1)CC2. The lowest BCUT2D eigenvalue weighted by Gasteiger charge is -2.25. The number of fused-ring (bicyclic) bond motifs is 2. The summed E-state index contributed by atoms with van der Waals surface area (Å²) in [5.41, 5.74) is 2.74. The first-order valence-corrected chi connectivity index (χ1v) is 9.57. The number of ether oxygens (including phenoxy) is 1. The molecule has 0 saturated heterocycles. The highest BCUT2D eigenvalue weighted by molar-refractivity contribution is 7.15. The van der Waals surface area contributed by atoms with Crippen LogP contribution in [0.1, 0.15) is 28.0 Å². The minimum Gasteiger partial charge on any atom is -0.383 e. The first-order chi connectivity index (χ1) is 12.6. The standard InChI is InChI=1S/C19H22N4O2S/c1-12(11-25-2)20-19-22-15-7-8-23(10-17(15)26-19)18(24)16-9-13-5-3-4-6-14(13)21-16/h3-6,9,12,21H,7-8,10-11H2,1-2H3,(H,20,22). The Balaban J connectivity index is 1.49. The largest absolute Gasteiger partial charge is 0.383 e. The number of amides is 1. The second-order valence-electron chi connectivity index (χ2n) is 6.64. The van der Waals surface area contributed by atoms with Gasteiger partial charge in [0.05, 0.1) is 18.8 Å². The molecule has 0 radical (unpaired) electrons. The second-order valence-corrected chi connectivity index (χ2v) is 7.72. The van der Waals surface area contributed by atoms with Crippen molar-refractivity contribution in [2.75, 3.05) is 25.6 Å². The molecular formula is C19H22N4O2S. The molecule has 0 bridgehead atoms. The fraction of sp³-hybridized carbons (Fsp3) is 0.368. The Hall–Kier alpha value is -2.38. The lowest BCUT2D eigenvalue weighted by molar-refractivity contribution is 0.0731. The third kappa shape index (κ3) is 3.32. The number of carbonyl (C=O) groups excluding carboxylic acids is 1. The first kappa shape index (κ1) is 17.1. The van der Waals surface area contributed by atoms with E-state index < -0.39 is 0 Å². The van der Waals surface area contributed by atoms with E-state index in [2.05, 4.69) is 22.2 Å². The quantitative estimate of drug-likeness (QED) is 0.723. The summed E-state index contributed by atoms with van der Waals surface area (Å²) in [5, 5.41) is 5.33. The van der Waals surface area contributed by atoms with Gasteiger partial charge in [-0.25, -0.2) is 4.98 Å². The Morgan fingerprint density at radius 1 is 1.46 bits per heavy atom. The molecule has 3 aromatic rings. The van der Waals surface area contributed by atoms with Crippen LogP contribution in [0.25, 0.3) is 10.9 Å². The lowest BCUT2D eigenvalue weighted by atomic mass is 10.1. The molecule has 136 valence electrons. The summed E-state index contributed by atoms with van der Waals surface area (Å²) in [6, 6.07) is 10.1. The number of thiazole rings is 1. The molecule has 0 fully saturated rings. The molecule has 3 heterocycles. The summed E-state index contributed by atoms with van der Waals surface area (Å²) < 4.78 is 5.16. The van der Waals surface area contributed by atoms with E-state index in [0.717, 1.165) is 33.0 Å². The van der Waals surface area contributed by atoms with Crippen LogP contribution >= 0.6 is 11.3 Å². The Morgan fingerprint density at radius 2 is 2.31 bits per heavy atom. The van der Waals surface area contributed by atoms with Gasteiger partial charge in [0, 0.05) is 41.9 Å². The van der Waals surface area contributed by atoms with Crippen LogP contribution in [0.3, 0.4) is 0 Å². The fourth-order valence-electron chi connectivity index (χ4n) is 3.29. The number of hydrogen-bond acceptors (Lipinski definition) is 5. The van der Waals surface area contributed by atoms with Gasteiger partial charge >= 0.3 is 0 Å². The minimum absolute atomic E-state index is 0.0440. The van der Waals surface area contributed by atoms with Crippen molar-refractivity contribution in [3.8, 4) is 0 Å². The summed E-state index contributed by atoms with van der Waals surface area (Å²) >= 11 is 1.63. The normalized spacial score (nSPS) is 15.1. The van der Waals surface area contributed by atoms with Gasteiger partial charge < -0.3 is 19.9 Å². The van der Waals surface area contributed by atoms with Gasteiger partial charge in [0.15, 0.2) is 5.13 Å². The number of nitrogens with one attached hydrogen (secondary N) is 2. The van der Waals surface area contributed by atoms with E-state index >= 15 is 0 Å². The number of nitrogens with zero attached hydrogens (tertiary/aromatic N) is 2. The van der Waals surface area contributed by atoms with Crippen LogP contribution in [-0.2, 0) is 17.7 Å². The first-order valence-electron chi connectivity index (χ1n) is 8.75. The molecule has 1 aliphatic rings. The monoisotopic (exact) mass is 370 g/mol.